The highest BCUT2D eigenvalue weighted by Gasteiger charge is 2.70. The summed E-state index contributed by atoms with van der Waals surface area (Å²) in [6.45, 7) is 4.34. The smallest absolute Gasteiger partial charge is 0.250 e. The van der Waals surface area contributed by atoms with Crippen molar-refractivity contribution in [3.8, 4) is 0 Å². The number of carbonyl (C=O) groups excluding carboxylic acids is 3. The second kappa shape index (κ2) is 7.52. The van der Waals surface area contributed by atoms with Gasteiger partial charge in [-0.1, -0.05) is 44.2 Å². The fourth-order valence-corrected chi connectivity index (χ4v) is 5.65. The minimum atomic E-state index is -1.43. The minimum Gasteiger partial charge on any atom is -0.324 e. The van der Waals surface area contributed by atoms with E-state index in [1.807, 2.05) is 44.2 Å². The first kappa shape index (κ1) is 20.8. The first-order chi connectivity index (χ1) is 15.3. The van der Waals surface area contributed by atoms with Crippen LogP contribution in [0.5, 0.6) is 0 Å². The van der Waals surface area contributed by atoms with Gasteiger partial charge < -0.3 is 5.32 Å². The van der Waals surface area contributed by atoms with Crippen molar-refractivity contribution in [3.05, 3.63) is 65.5 Å². The molecule has 32 heavy (non-hydrogen) atoms. The predicted octanol–water partition coefficient (Wildman–Crippen LogP) is 2.83. The Morgan fingerprint density at radius 3 is 2.53 bits per heavy atom. The highest BCUT2D eigenvalue weighted by atomic mass is 19.1. The summed E-state index contributed by atoms with van der Waals surface area (Å²) in [5.74, 6) is -2.78. The molecule has 4 unspecified atom stereocenters. The number of halogens is 1. The Kier molecular flexibility index (Phi) is 4.89. The van der Waals surface area contributed by atoms with Crippen molar-refractivity contribution >= 4 is 23.4 Å². The summed E-state index contributed by atoms with van der Waals surface area (Å²) in [6, 6.07) is 13.4. The number of nitrogens with one attached hydrogen (secondary N) is 2. The Morgan fingerprint density at radius 2 is 1.81 bits per heavy atom. The summed E-state index contributed by atoms with van der Waals surface area (Å²) in [7, 11) is 0. The van der Waals surface area contributed by atoms with E-state index in [1.165, 1.54) is 23.1 Å². The number of hydrogen-bond donors (Lipinski definition) is 2. The van der Waals surface area contributed by atoms with Crippen LogP contribution in [0.2, 0.25) is 0 Å². The third-order valence-corrected chi connectivity index (χ3v) is 6.96. The monoisotopic (exact) mass is 435 g/mol. The number of carbonyl (C=O) groups is 3. The number of rotatable bonds is 5. The second-order valence-corrected chi connectivity index (χ2v) is 9.40. The van der Waals surface area contributed by atoms with Crippen molar-refractivity contribution in [2.45, 2.75) is 38.3 Å². The minimum absolute atomic E-state index is 0.247. The molecule has 0 bridgehead atoms. The predicted molar refractivity (Wildman–Crippen MR) is 117 cm³/mol. The van der Waals surface area contributed by atoms with E-state index in [-0.39, 0.29) is 30.3 Å². The molecule has 3 amide bonds. The van der Waals surface area contributed by atoms with E-state index in [9.17, 15) is 18.8 Å². The Balaban J connectivity index is 1.54. The summed E-state index contributed by atoms with van der Waals surface area (Å²) >= 11 is 0. The molecule has 5 rings (SSSR count). The van der Waals surface area contributed by atoms with Crippen molar-refractivity contribution in [1.29, 1.82) is 0 Å². The van der Waals surface area contributed by atoms with Crippen LogP contribution in [0.15, 0.2) is 48.5 Å². The SMILES string of the molecule is CC(C)CC1NC2(C(=O)Nc3ccc(F)cc32)C2C(=O)N(CCc3ccccc3)C(=O)C12. The van der Waals surface area contributed by atoms with Crippen LogP contribution in [0.4, 0.5) is 10.1 Å². The molecular formula is C25H26FN3O3. The van der Waals surface area contributed by atoms with Crippen LogP contribution < -0.4 is 10.6 Å². The average molecular weight is 435 g/mol. The van der Waals surface area contributed by atoms with Gasteiger partial charge in [0, 0.05) is 23.8 Å². The zero-order valence-electron chi connectivity index (χ0n) is 18.1. The van der Waals surface area contributed by atoms with Gasteiger partial charge >= 0.3 is 0 Å². The summed E-state index contributed by atoms with van der Waals surface area (Å²) in [4.78, 5) is 41.7. The molecule has 0 saturated carbocycles. The summed E-state index contributed by atoms with van der Waals surface area (Å²) < 4.78 is 14.2. The lowest BCUT2D eigenvalue weighted by Gasteiger charge is -2.30. The molecule has 4 atom stereocenters. The van der Waals surface area contributed by atoms with Crippen LogP contribution in [0.25, 0.3) is 0 Å². The molecule has 1 spiro atoms. The number of anilines is 1. The van der Waals surface area contributed by atoms with Gasteiger partial charge in [-0.05, 0) is 42.5 Å². The molecule has 7 heteroatoms. The summed E-state index contributed by atoms with van der Waals surface area (Å²) in [6.07, 6.45) is 1.18. The van der Waals surface area contributed by atoms with Crippen LogP contribution >= 0.6 is 0 Å². The average Bonchev–Trinajstić information content (AvgIpc) is 3.32. The van der Waals surface area contributed by atoms with Crippen molar-refractivity contribution in [1.82, 2.24) is 10.2 Å². The molecule has 0 aliphatic carbocycles. The molecule has 3 aliphatic rings. The molecule has 2 N–H and O–H groups in total. The van der Waals surface area contributed by atoms with Crippen LogP contribution in [0.3, 0.4) is 0 Å². The van der Waals surface area contributed by atoms with Crippen LogP contribution in [0.1, 0.15) is 31.4 Å². The summed E-state index contributed by atoms with van der Waals surface area (Å²) in [5, 5.41) is 6.14. The lowest BCUT2D eigenvalue weighted by molar-refractivity contribution is -0.142. The number of amides is 3. The quantitative estimate of drug-likeness (QED) is 0.708. The maximum Gasteiger partial charge on any atom is 0.250 e. The molecule has 0 radical (unpaired) electrons. The van der Waals surface area contributed by atoms with Gasteiger partial charge in [-0.25, -0.2) is 4.39 Å². The van der Waals surface area contributed by atoms with Crippen molar-refractivity contribution in [2.75, 3.05) is 11.9 Å². The second-order valence-electron chi connectivity index (χ2n) is 9.40. The third kappa shape index (κ3) is 2.98. The van der Waals surface area contributed by atoms with E-state index >= 15 is 0 Å². The molecule has 2 aromatic rings. The lowest BCUT2D eigenvalue weighted by Crippen LogP contribution is -2.53. The molecule has 2 saturated heterocycles. The van der Waals surface area contributed by atoms with Gasteiger partial charge in [-0.15, -0.1) is 0 Å². The van der Waals surface area contributed by atoms with Gasteiger partial charge in [0.15, 0.2) is 0 Å². The van der Waals surface area contributed by atoms with Crippen LogP contribution in [-0.2, 0) is 26.3 Å². The number of imide groups is 1. The molecule has 3 heterocycles. The number of likely N-dealkylation sites (tertiary alicyclic amines) is 1. The zero-order valence-corrected chi connectivity index (χ0v) is 18.1. The van der Waals surface area contributed by atoms with Crippen LogP contribution in [-0.4, -0.2) is 35.2 Å². The van der Waals surface area contributed by atoms with E-state index in [1.54, 1.807) is 0 Å². The fraction of sp³-hybridized carbons (Fsp3) is 0.400. The molecule has 2 aromatic carbocycles. The summed E-state index contributed by atoms with van der Waals surface area (Å²) in [5.41, 5.74) is 0.490. The highest BCUT2D eigenvalue weighted by molar-refractivity contribution is 6.15. The molecule has 0 aromatic heterocycles. The third-order valence-electron chi connectivity index (χ3n) is 6.96. The number of benzene rings is 2. The normalized spacial score (nSPS) is 28.6. The van der Waals surface area contributed by atoms with Gasteiger partial charge in [0.1, 0.15) is 11.4 Å². The van der Waals surface area contributed by atoms with Crippen molar-refractivity contribution in [3.63, 3.8) is 0 Å². The number of hydrogen-bond acceptors (Lipinski definition) is 4. The molecule has 3 aliphatic heterocycles. The van der Waals surface area contributed by atoms with E-state index < -0.39 is 29.1 Å². The van der Waals surface area contributed by atoms with Gasteiger partial charge in [-0.3, -0.25) is 24.6 Å². The lowest BCUT2D eigenvalue weighted by atomic mass is 9.76. The van der Waals surface area contributed by atoms with Crippen molar-refractivity contribution in [2.24, 2.45) is 17.8 Å². The van der Waals surface area contributed by atoms with Gasteiger partial charge in [0.2, 0.25) is 17.7 Å². The topological polar surface area (TPSA) is 78.5 Å². The number of fused-ring (bicyclic) bond motifs is 4. The number of nitrogens with zero attached hydrogens (tertiary/aromatic N) is 1. The van der Waals surface area contributed by atoms with Crippen LogP contribution in [0, 0.1) is 23.6 Å². The van der Waals surface area contributed by atoms with Gasteiger partial charge in [0.25, 0.3) is 0 Å². The maximum atomic E-state index is 14.2. The Bertz CT molecular complexity index is 1100. The maximum absolute atomic E-state index is 14.2. The van der Waals surface area contributed by atoms with E-state index in [0.717, 1.165) is 5.56 Å². The first-order valence-corrected chi connectivity index (χ1v) is 11.1. The van der Waals surface area contributed by atoms with E-state index in [0.29, 0.717) is 24.1 Å². The van der Waals surface area contributed by atoms with Gasteiger partial charge in [0.05, 0.1) is 11.8 Å². The van der Waals surface area contributed by atoms with E-state index in [4.69, 9.17) is 0 Å². The standard InChI is InChI=1S/C25H26FN3O3/c1-14(2)12-19-20-21(23(31)29(22(20)30)11-10-15-6-4-3-5-7-15)25(28-19)17-13-16(26)8-9-18(17)27-24(25)32/h3-9,13-14,19-21,28H,10-12H2,1-2H3,(H,27,32). The largest absolute Gasteiger partial charge is 0.324 e. The fourth-order valence-electron chi connectivity index (χ4n) is 5.65. The Labute approximate surface area is 186 Å². The first-order valence-electron chi connectivity index (χ1n) is 11.1. The molecule has 6 nitrogen and oxygen atoms in total. The highest BCUT2D eigenvalue weighted by Crippen LogP contribution is 2.53. The van der Waals surface area contributed by atoms with E-state index in [2.05, 4.69) is 10.6 Å². The Morgan fingerprint density at radius 1 is 1.06 bits per heavy atom. The zero-order chi connectivity index (χ0) is 22.6. The molecule has 2 fully saturated rings. The Hall–Kier alpha value is -3.06. The molecular weight excluding hydrogens is 409 g/mol. The van der Waals surface area contributed by atoms with Gasteiger partial charge in [-0.2, -0.15) is 0 Å². The molecule has 166 valence electrons. The van der Waals surface area contributed by atoms with Crippen molar-refractivity contribution < 1.29 is 18.8 Å².